The van der Waals surface area contributed by atoms with Gasteiger partial charge in [0.15, 0.2) is 0 Å². The van der Waals surface area contributed by atoms with Crippen LogP contribution in [0.25, 0.3) is 0 Å². The molecule has 8 nitrogen and oxygen atoms in total. The van der Waals surface area contributed by atoms with Gasteiger partial charge in [-0.3, -0.25) is 0 Å². The molecule has 2 fully saturated rings. The summed E-state index contributed by atoms with van der Waals surface area (Å²) in [6, 6.07) is 12.2. The summed E-state index contributed by atoms with van der Waals surface area (Å²) in [5.41, 5.74) is 1.17. The maximum Gasteiger partial charge on any atom is 0.322 e. The molecule has 5 rings (SSSR count). The average molecular weight is 469 g/mol. The minimum Gasteiger partial charge on any atom is -0.481 e. The van der Waals surface area contributed by atoms with Crippen LogP contribution in [0.1, 0.15) is 26.2 Å². The molecule has 174 valence electrons. The molecule has 3 heterocycles. The summed E-state index contributed by atoms with van der Waals surface area (Å²) in [6.07, 6.45) is 5.14. The van der Waals surface area contributed by atoms with Crippen molar-refractivity contribution in [3.05, 3.63) is 47.6 Å². The van der Waals surface area contributed by atoms with E-state index in [0.29, 0.717) is 46.5 Å². The van der Waals surface area contributed by atoms with Gasteiger partial charge in [-0.05, 0) is 55.4 Å². The third-order valence-corrected chi connectivity index (χ3v) is 6.74. The Morgan fingerprint density at radius 1 is 1.15 bits per heavy atom. The van der Waals surface area contributed by atoms with Crippen LogP contribution >= 0.6 is 11.6 Å². The maximum atomic E-state index is 6.11. The molecule has 1 saturated heterocycles. The molecule has 33 heavy (non-hydrogen) atoms. The third-order valence-electron chi connectivity index (χ3n) is 6.50. The average Bonchev–Trinajstić information content (AvgIpc) is 3.28. The zero-order valence-electron chi connectivity index (χ0n) is 18.9. The van der Waals surface area contributed by atoms with Gasteiger partial charge in [-0.25, -0.2) is 9.67 Å². The molecular weight excluding hydrogens is 440 g/mol. The number of pyridine rings is 1. The number of halogens is 1. The van der Waals surface area contributed by atoms with Gasteiger partial charge >= 0.3 is 6.01 Å². The number of anilines is 2. The molecule has 0 spiro atoms. The SMILES string of the molecule is CCCn1nc(N[C@H]2[C@@H]3CC[C@H]2CN(c2ccnc(OC)c2)C3)nc1Oc1cccc(Cl)c1. The fourth-order valence-electron chi connectivity index (χ4n) is 4.98. The van der Waals surface area contributed by atoms with Gasteiger partial charge in [-0.1, -0.05) is 24.6 Å². The van der Waals surface area contributed by atoms with Crippen LogP contribution in [0.3, 0.4) is 0 Å². The van der Waals surface area contributed by atoms with Gasteiger partial charge in [-0.2, -0.15) is 4.98 Å². The lowest BCUT2D eigenvalue weighted by atomic mass is 9.92. The molecule has 2 aromatic heterocycles. The fraction of sp³-hybridized carbons (Fsp3) is 0.458. The zero-order chi connectivity index (χ0) is 22.8. The smallest absolute Gasteiger partial charge is 0.322 e. The van der Waals surface area contributed by atoms with E-state index in [9.17, 15) is 0 Å². The Labute approximate surface area is 198 Å². The summed E-state index contributed by atoms with van der Waals surface area (Å²) < 4.78 is 13.1. The van der Waals surface area contributed by atoms with E-state index in [-0.39, 0.29) is 0 Å². The highest BCUT2D eigenvalue weighted by atomic mass is 35.5. The highest BCUT2D eigenvalue weighted by Gasteiger charge is 2.42. The van der Waals surface area contributed by atoms with Crippen molar-refractivity contribution in [1.82, 2.24) is 19.7 Å². The highest BCUT2D eigenvalue weighted by molar-refractivity contribution is 6.30. The van der Waals surface area contributed by atoms with Crippen molar-refractivity contribution in [1.29, 1.82) is 0 Å². The monoisotopic (exact) mass is 468 g/mol. The van der Waals surface area contributed by atoms with E-state index in [1.807, 2.05) is 35.1 Å². The minimum atomic E-state index is 0.349. The summed E-state index contributed by atoms with van der Waals surface area (Å²) in [6.45, 7) is 4.83. The number of ether oxygens (including phenoxy) is 2. The van der Waals surface area contributed by atoms with Crippen LogP contribution in [0.2, 0.25) is 5.02 Å². The Bertz CT molecular complexity index is 1090. The molecule has 0 amide bonds. The minimum absolute atomic E-state index is 0.349. The van der Waals surface area contributed by atoms with Crippen LogP contribution in [0, 0.1) is 11.8 Å². The lowest BCUT2D eigenvalue weighted by Crippen LogP contribution is -2.48. The Morgan fingerprint density at radius 3 is 2.70 bits per heavy atom. The molecule has 1 saturated carbocycles. The van der Waals surface area contributed by atoms with Crippen LogP contribution in [-0.2, 0) is 6.54 Å². The zero-order valence-corrected chi connectivity index (χ0v) is 19.7. The fourth-order valence-corrected chi connectivity index (χ4v) is 5.16. The van der Waals surface area contributed by atoms with E-state index in [1.165, 1.54) is 18.5 Å². The van der Waals surface area contributed by atoms with E-state index in [2.05, 4.69) is 33.2 Å². The first-order valence-corrected chi connectivity index (χ1v) is 11.9. The van der Waals surface area contributed by atoms with E-state index in [4.69, 9.17) is 26.2 Å². The predicted octanol–water partition coefficient (Wildman–Crippen LogP) is 4.86. The van der Waals surface area contributed by atoms with Gasteiger partial charge < -0.3 is 19.7 Å². The highest BCUT2D eigenvalue weighted by Crippen LogP contribution is 2.40. The van der Waals surface area contributed by atoms with Crippen LogP contribution in [0.5, 0.6) is 17.6 Å². The number of aromatic nitrogens is 4. The molecule has 0 radical (unpaired) electrons. The van der Waals surface area contributed by atoms with Crippen molar-refractivity contribution in [2.75, 3.05) is 30.4 Å². The lowest BCUT2D eigenvalue weighted by Gasteiger charge is -2.39. The van der Waals surface area contributed by atoms with Gasteiger partial charge in [0.05, 0.1) is 7.11 Å². The Balaban J connectivity index is 1.30. The summed E-state index contributed by atoms with van der Waals surface area (Å²) in [5.74, 6) is 2.98. The lowest BCUT2D eigenvalue weighted by molar-refractivity contribution is 0.374. The second kappa shape index (κ2) is 9.47. The Morgan fingerprint density at radius 2 is 1.97 bits per heavy atom. The third kappa shape index (κ3) is 4.71. The first kappa shape index (κ1) is 21.8. The summed E-state index contributed by atoms with van der Waals surface area (Å²) in [5, 5.41) is 8.98. The number of aryl methyl sites for hydroxylation is 1. The molecule has 2 aliphatic rings. The number of benzene rings is 1. The molecule has 0 unspecified atom stereocenters. The summed E-state index contributed by atoms with van der Waals surface area (Å²) >= 11 is 6.11. The molecular formula is C24H29ClN6O2. The molecule has 2 bridgehead atoms. The molecule has 3 aromatic rings. The number of rotatable bonds is 8. The number of methoxy groups -OCH3 is 1. The Kier molecular flexibility index (Phi) is 6.26. The topological polar surface area (TPSA) is 77.3 Å². The molecule has 1 aliphatic carbocycles. The Hall–Kier alpha value is -3.00. The van der Waals surface area contributed by atoms with Crippen molar-refractivity contribution < 1.29 is 9.47 Å². The van der Waals surface area contributed by atoms with Crippen molar-refractivity contribution in [2.45, 2.75) is 38.8 Å². The van der Waals surface area contributed by atoms with Gasteiger partial charge in [-0.15, -0.1) is 5.10 Å². The second-order valence-electron chi connectivity index (χ2n) is 8.73. The molecule has 9 heteroatoms. The van der Waals surface area contributed by atoms with Crippen molar-refractivity contribution in [3.63, 3.8) is 0 Å². The van der Waals surface area contributed by atoms with Crippen molar-refractivity contribution in [2.24, 2.45) is 11.8 Å². The van der Waals surface area contributed by atoms with Gasteiger partial charge in [0.2, 0.25) is 11.8 Å². The van der Waals surface area contributed by atoms with E-state index in [1.54, 1.807) is 13.2 Å². The predicted molar refractivity (Wildman–Crippen MR) is 128 cm³/mol. The normalized spacial score (nSPS) is 21.8. The first-order valence-electron chi connectivity index (χ1n) is 11.5. The van der Waals surface area contributed by atoms with Crippen molar-refractivity contribution in [3.8, 4) is 17.6 Å². The molecule has 1 N–H and O–H groups in total. The van der Waals surface area contributed by atoms with E-state index in [0.717, 1.165) is 26.1 Å². The summed E-state index contributed by atoms with van der Waals surface area (Å²) in [4.78, 5) is 11.4. The number of nitrogens with one attached hydrogen (secondary N) is 1. The van der Waals surface area contributed by atoms with E-state index >= 15 is 0 Å². The van der Waals surface area contributed by atoms with Gasteiger partial charge in [0.1, 0.15) is 5.75 Å². The number of fused-ring (bicyclic) bond motifs is 2. The van der Waals surface area contributed by atoms with Crippen LogP contribution in [-0.4, -0.2) is 46.0 Å². The van der Waals surface area contributed by atoms with Gasteiger partial charge in [0.25, 0.3) is 0 Å². The van der Waals surface area contributed by atoms with Crippen LogP contribution in [0.4, 0.5) is 11.6 Å². The number of piperidine rings is 1. The largest absolute Gasteiger partial charge is 0.481 e. The van der Waals surface area contributed by atoms with Crippen LogP contribution < -0.4 is 19.7 Å². The summed E-state index contributed by atoms with van der Waals surface area (Å²) in [7, 11) is 1.65. The van der Waals surface area contributed by atoms with E-state index < -0.39 is 0 Å². The molecule has 3 atom stereocenters. The second-order valence-corrected chi connectivity index (χ2v) is 9.17. The maximum absolute atomic E-state index is 6.11. The first-order chi connectivity index (χ1) is 16.1. The quantitative estimate of drug-likeness (QED) is 0.505. The number of nitrogens with zero attached hydrogens (tertiary/aromatic N) is 5. The number of hydrogen-bond donors (Lipinski definition) is 1. The van der Waals surface area contributed by atoms with Crippen molar-refractivity contribution >= 4 is 23.2 Å². The standard InChI is InChI=1S/C24H29ClN6O2/c1-3-11-31-24(33-20-6-4-5-18(25)12-20)28-23(29-31)27-22-16-7-8-17(22)15-30(14-16)19-9-10-26-21(13-19)32-2/h4-6,9-10,12-13,16-17,22H,3,7-8,11,14-15H2,1-2H3,(H,27,29)/t16-,17+,22+. The van der Waals surface area contributed by atoms with Gasteiger partial charge in [0, 0.05) is 48.6 Å². The molecule has 1 aliphatic heterocycles. The van der Waals surface area contributed by atoms with Crippen LogP contribution in [0.15, 0.2) is 42.6 Å². The number of hydrogen-bond acceptors (Lipinski definition) is 7. The molecule has 1 aromatic carbocycles.